The smallest absolute Gasteiger partial charge is 0.352 e. The number of rotatable bonds is 3. The quantitative estimate of drug-likeness (QED) is 0.803. The van der Waals surface area contributed by atoms with Crippen LogP contribution in [0.3, 0.4) is 0 Å². The maximum atomic E-state index is 11.6. The fourth-order valence-corrected chi connectivity index (χ4v) is 2.03. The maximum absolute atomic E-state index is 11.6. The van der Waals surface area contributed by atoms with E-state index in [4.69, 9.17) is 16.3 Å². The Morgan fingerprint density at radius 1 is 1.41 bits per heavy atom. The lowest BCUT2D eigenvalue weighted by molar-refractivity contribution is 0.0532. The molecule has 17 heavy (non-hydrogen) atoms. The number of aromatic nitrogens is 2. The van der Waals surface area contributed by atoms with Gasteiger partial charge in [-0.2, -0.15) is 0 Å². The SMILES string of the molecule is CCOC(=O)c1snnc1-c1ccc(Cl)cc1. The van der Waals surface area contributed by atoms with Gasteiger partial charge in [0.2, 0.25) is 0 Å². The van der Waals surface area contributed by atoms with Crippen LogP contribution in [0.15, 0.2) is 24.3 Å². The summed E-state index contributed by atoms with van der Waals surface area (Å²) in [6.45, 7) is 2.09. The maximum Gasteiger partial charge on any atom is 0.352 e. The molecule has 0 fully saturated rings. The van der Waals surface area contributed by atoms with Crippen LogP contribution in [0.1, 0.15) is 16.6 Å². The largest absolute Gasteiger partial charge is 0.462 e. The molecular weight excluding hydrogens is 260 g/mol. The fourth-order valence-electron chi connectivity index (χ4n) is 1.32. The number of carbonyl (C=O) groups is 1. The number of benzene rings is 1. The Hall–Kier alpha value is -1.46. The van der Waals surface area contributed by atoms with Crippen LogP contribution in [0.5, 0.6) is 0 Å². The summed E-state index contributed by atoms with van der Waals surface area (Å²) in [5.74, 6) is -0.396. The Balaban J connectivity index is 2.36. The second-order valence-electron chi connectivity index (χ2n) is 3.18. The van der Waals surface area contributed by atoms with Gasteiger partial charge in [-0.15, -0.1) is 5.10 Å². The fraction of sp³-hybridized carbons (Fsp3) is 0.182. The van der Waals surface area contributed by atoms with Crippen molar-refractivity contribution < 1.29 is 9.53 Å². The van der Waals surface area contributed by atoms with Crippen molar-refractivity contribution in [1.82, 2.24) is 9.59 Å². The summed E-state index contributed by atoms with van der Waals surface area (Å²) in [6.07, 6.45) is 0. The van der Waals surface area contributed by atoms with Gasteiger partial charge in [0.15, 0.2) is 4.88 Å². The van der Waals surface area contributed by atoms with E-state index < -0.39 is 5.97 Å². The number of hydrogen-bond donors (Lipinski definition) is 0. The molecule has 0 spiro atoms. The molecule has 0 N–H and O–H groups in total. The van der Waals surface area contributed by atoms with Crippen LogP contribution in [-0.4, -0.2) is 22.2 Å². The Morgan fingerprint density at radius 3 is 2.76 bits per heavy atom. The molecule has 0 atom stereocenters. The van der Waals surface area contributed by atoms with Gasteiger partial charge in [0.25, 0.3) is 0 Å². The zero-order valence-corrected chi connectivity index (χ0v) is 10.6. The van der Waals surface area contributed by atoms with Crippen molar-refractivity contribution in [3.8, 4) is 11.3 Å². The first-order valence-corrected chi connectivity index (χ1v) is 6.13. The minimum Gasteiger partial charge on any atom is -0.462 e. The molecule has 2 aromatic rings. The molecule has 0 aliphatic heterocycles. The first kappa shape index (κ1) is 12.0. The molecule has 88 valence electrons. The molecule has 1 aromatic heterocycles. The standard InChI is InChI=1S/C11H9ClN2O2S/c1-2-16-11(15)10-9(13-14-17-10)7-3-5-8(12)6-4-7/h3-6H,2H2,1H3. The summed E-state index contributed by atoms with van der Waals surface area (Å²) in [7, 11) is 0. The molecule has 4 nitrogen and oxygen atoms in total. The number of halogens is 1. The van der Waals surface area contributed by atoms with Gasteiger partial charge >= 0.3 is 5.97 Å². The van der Waals surface area contributed by atoms with Crippen molar-refractivity contribution in [2.75, 3.05) is 6.61 Å². The zero-order valence-electron chi connectivity index (χ0n) is 9.01. The molecule has 0 unspecified atom stereocenters. The molecule has 0 aliphatic carbocycles. The lowest BCUT2D eigenvalue weighted by atomic mass is 10.1. The molecule has 1 aromatic carbocycles. The van der Waals surface area contributed by atoms with E-state index in [9.17, 15) is 4.79 Å². The predicted molar refractivity (Wildman–Crippen MR) is 66.3 cm³/mol. The second-order valence-corrected chi connectivity index (χ2v) is 4.37. The highest BCUT2D eigenvalue weighted by Gasteiger charge is 2.18. The summed E-state index contributed by atoms with van der Waals surface area (Å²) in [4.78, 5) is 12.1. The van der Waals surface area contributed by atoms with Gasteiger partial charge < -0.3 is 4.74 Å². The van der Waals surface area contributed by atoms with Crippen molar-refractivity contribution in [2.45, 2.75) is 6.92 Å². The lowest BCUT2D eigenvalue weighted by Crippen LogP contribution is -2.03. The number of esters is 1. The normalized spacial score (nSPS) is 10.2. The lowest BCUT2D eigenvalue weighted by Gasteiger charge is -2.01. The van der Waals surface area contributed by atoms with Crippen LogP contribution in [0, 0.1) is 0 Å². The third-order valence-electron chi connectivity index (χ3n) is 2.07. The predicted octanol–water partition coefficient (Wildman–Crippen LogP) is 3.04. The Bertz CT molecular complexity index is 525. The molecule has 0 amide bonds. The molecule has 0 radical (unpaired) electrons. The minimum absolute atomic E-state index is 0.330. The van der Waals surface area contributed by atoms with Gasteiger partial charge in [-0.25, -0.2) is 4.79 Å². The van der Waals surface area contributed by atoms with E-state index in [2.05, 4.69) is 9.59 Å². The number of nitrogens with zero attached hydrogens (tertiary/aromatic N) is 2. The molecular formula is C11H9ClN2O2S. The van der Waals surface area contributed by atoms with Gasteiger partial charge in [-0.1, -0.05) is 28.2 Å². The van der Waals surface area contributed by atoms with Gasteiger partial charge in [0, 0.05) is 10.6 Å². The minimum atomic E-state index is -0.396. The first-order chi connectivity index (χ1) is 8.22. The Morgan fingerprint density at radius 2 is 2.12 bits per heavy atom. The van der Waals surface area contributed by atoms with Crippen LogP contribution in [0.25, 0.3) is 11.3 Å². The van der Waals surface area contributed by atoms with E-state index >= 15 is 0 Å². The molecule has 6 heteroatoms. The van der Waals surface area contributed by atoms with Crippen LogP contribution in [0.4, 0.5) is 0 Å². The molecule has 0 aliphatic rings. The number of ether oxygens (including phenoxy) is 1. The summed E-state index contributed by atoms with van der Waals surface area (Å²) < 4.78 is 8.72. The van der Waals surface area contributed by atoms with E-state index in [1.807, 2.05) is 0 Å². The van der Waals surface area contributed by atoms with Gasteiger partial charge in [-0.05, 0) is 30.6 Å². The van der Waals surface area contributed by atoms with Crippen molar-refractivity contribution in [2.24, 2.45) is 0 Å². The summed E-state index contributed by atoms with van der Waals surface area (Å²) in [6, 6.07) is 7.07. The average Bonchev–Trinajstić information content (AvgIpc) is 2.79. The van der Waals surface area contributed by atoms with Crippen molar-refractivity contribution >= 4 is 29.1 Å². The van der Waals surface area contributed by atoms with Crippen LogP contribution in [-0.2, 0) is 4.74 Å². The average molecular weight is 269 g/mol. The second kappa shape index (κ2) is 5.25. The molecule has 0 saturated carbocycles. The van der Waals surface area contributed by atoms with E-state index in [1.165, 1.54) is 0 Å². The van der Waals surface area contributed by atoms with Crippen molar-refractivity contribution in [3.63, 3.8) is 0 Å². The number of carbonyl (C=O) groups excluding carboxylic acids is 1. The molecule has 2 rings (SSSR count). The summed E-state index contributed by atoms with van der Waals surface area (Å²) >= 11 is 6.83. The van der Waals surface area contributed by atoms with Gasteiger partial charge in [0.05, 0.1) is 6.61 Å². The van der Waals surface area contributed by atoms with E-state index in [0.29, 0.717) is 22.2 Å². The Labute approximate surface area is 107 Å². The highest BCUT2D eigenvalue weighted by molar-refractivity contribution is 7.08. The first-order valence-electron chi connectivity index (χ1n) is 4.97. The van der Waals surface area contributed by atoms with E-state index in [-0.39, 0.29) is 0 Å². The van der Waals surface area contributed by atoms with E-state index in [1.54, 1.807) is 31.2 Å². The van der Waals surface area contributed by atoms with Crippen LogP contribution >= 0.6 is 23.1 Å². The Kier molecular flexibility index (Phi) is 3.71. The summed E-state index contributed by atoms with van der Waals surface area (Å²) in [5, 5.41) is 4.58. The topological polar surface area (TPSA) is 52.1 Å². The highest BCUT2D eigenvalue weighted by Crippen LogP contribution is 2.25. The highest BCUT2D eigenvalue weighted by atomic mass is 35.5. The summed E-state index contributed by atoms with van der Waals surface area (Å²) in [5.41, 5.74) is 1.33. The van der Waals surface area contributed by atoms with Crippen LogP contribution in [0.2, 0.25) is 5.02 Å². The monoisotopic (exact) mass is 268 g/mol. The van der Waals surface area contributed by atoms with Gasteiger partial charge in [-0.3, -0.25) is 0 Å². The van der Waals surface area contributed by atoms with Crippen molar-refractivity contribution in [1.29, 1.82) is 0 Å². The third-order valence-corrected chi connectivity index (χ3v) is 3.02. The molecule has 0 saturated heterocycles. The third kappa shape index (κ3) is 2.62. The van der Waals surface area contributed by atoms with Gasteiger partial charge in [0.1, 0.15) is 5.69 Å². The van der Waals surface area contributed by atoms with Crippen molar-refractivity contribution in [3.05, 3.63) is 34.2 Å². The molecule has 1 heterocycles. The zero-order chi connectivity index (χ0) is 12.3. The van der Waals surface area contributed by atoms with E-state index in [0.717, 1.165) is 17.1 Å². The number of hydrogen-bond acceptors (Lipinski definition) is 5. The molecule has 0 bridgehead atoms. The van der Waals surface area contributed by atoms with Crippen LogP contribution < -0.4 is 0 Å².